The van der Waals surface area contributed by atoms with Crippen LogP contribution in [-0.2, 0) is 0 Å². The third-order valence-corrected chi connectivity index (χ3v) is 3.34. The molecule has 0 aliphatic carbocycles. The second-order valence-corrected chi connectivity index (χ2v) is 5.21. The lowest BCUT2D eigenvalue weighted by atomic mass is 10.3. The molecule has 0 saturated carbocycles. The van der Waals surface area contributed by atoms with Crippen molar-refractivity contribution >= 4 is 49.9 Å². The van der Waals surface area contributed by atoms with Gasteiger partial charge in [-0.15, -0.1) is 5.11 Å². The predicted octanol–water partition coefficient (Wildman–Crippen LogP) is 5.47. The van der Waals surface area contributed by atoms with Crippen LogP contribution in [-0.4, -0.2) is 0 Å². The van der Waals surface area contributed by atoms with E-state index < -0.39 is 0 Å². The van der Waals surface area contributed by atoms with Gasteiger partial charge in [-0.2, -0.15) is 5.11 Å². The van der Waals surface area contributed by atoms with Gasteiger partial charge in [0.05, 0.1) is 11.4 Å². The number of hydrogen-bond acceptors (Lipinski definition) is 2. The second kappa shape index (κ2) is 5.54. The van der Waals surface area contributed by atoms with Gasteiger partial charge in [0.15, 0.2) is 0 Å². The number of benzene rings is 2. The largest absolute Gasteiger partial charge is 0.150 e. The summed E-state index contributed by atoms with van der Waals surface area (Å²) in [5.74, 6) is 0. The van der Waals surface area contributed by atoms with Crippen LogP contribution in [0.1, 0.15) is 0 Å². The highest BCUT2D eigenvalue weighted by atomic mass is 127. The van der Waals surface area contributed by atoms with Gasteiger partial charge in [0.25, 0.3) is 0 Å². The lowest BCUT2D eigenvalue weighted by Crippen LogP contribution is -1.70. The van der Waals surface area contributed by atoms with Gasteiger partial charge in [-0.3, -0.25) is 0 Å². The van der Waals surface area contributed by atoms with Gasteiger partial charge in [-0.1, -0.05) is 34.1 Å². The summed E-state index contributed by atoms with van der Waals surface area (Å²) >= 11 is 5.65. The SMILES string of the molecule is Brc1cccc(N=Nc2ccccc2I)c1. The number of halogens is 2. The fourth-order valence-corrected chi connectivity index (χ4v) is 2.07. The molecule has 0 aliphatic heterocycles. The molecule has 4 heteroatoms. The highest BCUT2D eigenvalue weighted by Gasteiger charge is 1.95. The Labute approximate surface area is 116 Å². The van der Waals surface area contributed by atoms with Crippen molar-refractivity contribution in [3.05, 3.63) is 56.6 Å². The van der Waals surface area contributed by atoms with Crippen LogP contribution < -0.4 is 0 Å². The molecule has 0 radical (unpaired) electrons. The molecule has 0 spiro atoms. The number of hydrogen-bond donors (Lipinski definition) is 0. The van der Waals surface area contributed by atoms with E-state index in [1.165, 1.54) is 0 Å². The molecule has 2 rings (SSSR count). The van der Waals surface area contributed by atoms with Gasteiger partial charge in [0, 0.05) is 8.04 Å². The highest BCUT2D eigenvalue weighted by Crippen LogP contribution is 2.24. The molecule has 0 N–H and O–H groups in total. The quantitative estimate of drug-likeness (QED) is 0.483. The van der Waals surface area contributed by atoms with Crippen LogP contribution in [0.4, 0.5) is 11.4 Å². The molecule has 0 fully saturated rings. The first kappa shape index (κ1) is 11.7. The van der Waals surface area contributed by atoms with Crippen molar-refractivity contribution in [3.63, 3.8) is 0 Å². The Bertz CT molecular complexity index is 526. The van der Waals surface area contributed by atoms with Crippen molar-refractivity contribution in [1.29, 1.82) is 0 Å². The van der Waals surface area contributed by atoms with Crippen LogP contribution in [0.3, 0.4) is 0 Å². The molecular weight excluding hydrogens is 379 g/mol. The van der Waals surface area contributed by atoms with Crippen LogP contribution in [0.2, 0.25) is 0 Å². The first-order valence-electron chi connectivity index (χ1n) is 4.67. The average Bonchev–Trinajstić information content (AvgIpc) is 2.28. The van der Waals surface area contributed by atoms with Gasteiger partial charge in [-0.25, -0.2) is 0 Å². The minimum absolute atomic E-state index is 0.842. The lowest BCUT2D eigenvalue weighted by molar-refractivity contribution is 1.22. The van der Waals surface area contributed by atoms with Crippen LogP contribution in [0.25, 0.3) is 0 Å². The lowest BCUT2D eigenvalue weighted by Gasteiger charge is -1.96. The fourth-order valence-electron chi connectivity index (χ4n) is 1.18. The zero-order chi connectivity index (χ0) is 11.4. The zero-order valence-corrected chi connectivity index (χ0v) is 12.0. The summed E-state index contributed by atoms with van der Waals surface area (Å²) < 4.78 is 2.10. The van der Waals surface area contributed by atoms with Crippen molar-refractivity contribution in [3.8, 4) is 0 Å². The molecule has 0 aliphatic rings. The Hall–Kier alpha value is -0.750. The summed E-state index contributed by atoms with van der Waals surface area (Å²) in [5.41, 5.74) is 1.73. The molecule has 0 aromatic heterocycles. The number of rotatable bonds is 2. The van der Waals surface area contributed by atoms with E-state index in [0.717, 1.165) is 19.4 Å². The van der Waals surface area contributed by atoms with Crippen molar-refractivity contribution in [2.24, 2.45) is 10.2 Å². The van der Waals surface area contributed by atoms with Gasteiger partial charge < -0.3 is 0 Å². The molecule has 80 valence electrons. The average molecular weight is 387 g/mol. The summed E-state index contributed by atoms with van der Waals surface area (Å²) in [4.78, 5) is 0. The van der Waals surface area contributed by atoms with E-state index in [-0.39, 0.29) is 0 Å². The molecule has 0 saturated heterocycles. The van der Waals surface area contributed by atoms with E-state index in [9.17, 15) is 0 Å². The van der Waals surface area contributed by atoms with E-state index in [1.807, 2.05) is 48.5 Å². The maximum Gasteiger partial charge on any atom is 0.0990 e. The molecule has 0 bridgehead atoms. The van der Waals surface area contributed by atoms with Gasteiger partial charge in [-0.05, 0) is 52.9 Å². The monoisotopic (exact) mass is 386 g/mol. The Morgan fingerprint density at radius 3 is 2.50 bits per heavy atom. The van der Waals surface area contributed by atoms with Crippen molar-refractivity contribution in [2.45, 2.75) is 0 Å². The molecular formula is C12H8BrIN2. The van der Waals surface area contributed by atoms with Gasteiger partial charge in [0.1, 0.15) is 0 Å². The Kier molecular flexibility index (Phi) is 4.06. The summed E-state index contributed by atoms with van der Waals surface area (Å²) in [6, 6.07) is 15.7. The predicted molar refractivity (Wildman–Crippen MR) is 77.5 cm³/mol. The van der Waals surface area contributed by atoms with Gasteiger partial charge in [0.2, 0.25) is 0 Å². The third-order valence-electron chi connectivity index (χ3n) is 1.93. The van der Waals surface area contributed by atoms with Crippen LogP contribution >= 0.6 is 38.5 Å². The van der Waals surface area contributed by atoms with Crippen LogP contribution in [0.15, 0.2) is 63.2 Å². The second-order valence-electron chi connectivity index (χ2n) is 3.13. The zero-order valence-electron chi connectivity index (χ0n) is 8.27. The molecule has 0 heterocycles. The van der Waals surface area contributed by atoms with E-state index in [4.69, 9.17) is 0 Å². The minimum atomic E-state index is 0.842. The van der Waals surface area contributed by atoms with E-state index in [2.05, 4.69) is 48.7 Å². The maximum atomic E-state index is 4.21. The molecule has 2 nitrogen and oxygen atoms in total. The summed E-state index contributed by atoms with van der Waals surface area (Å²) in [6.45, 7) is 0. The molecule has 16 heavy (non-hydrogen) atoms. The summed E-state index contributed by atoms with van der Waals surface area (Å²) in [6.07, 6.45) is 0. The van der Waals surface area contributed by atoms with E-state index in [0.29, 0.717) is 0 Å². The molecule has 2 aromatic carbocycles. The van der Waals surface area contributed by atoms with Crippen molar-refractivity contribution in [1.82, 2.24) is 0 Å². The van der Waals surface area contributed by atoms with Crippen LogP contribution in [0, 0.1) is 3.57 Å². The Balaban J connectivity index is 2.25. The van der Waals surface area contributed by atoms with Crippen molar-refractivity contribution < 1.29 is 0 Å². The van der Waals surface area contributed by atoms with E-state index in [1.54, 1.807) is 0 Å². The van der Waals surface area contributed by atoms with Gasteiger partial charge >= 0.3 is 0 Å². The molecule has 0 unspecified atom stereocenters. The molecule has 0 atom stereocenters. The van der Waals surface area contributed by atoms with E-state index >= 15 is 0 Å². The maximum absolute atomic E-state index is 4.21. The molecule has 0 amide bonds. The first-order chi connectivity index (χ1) is 7.75. The fraction of sp³-hybridized carbons (Fsp3) is 0. The standard InChI is InChI=1S/C12H8BrIN2/c13-9-4-3-5-10(8-9)15-16-12-7-2-1-6-11(12)14/h1-8H. The highest BCUT2D eigenvalue weighted by molar-refractivity contribution is 14.1. The minimum Gasteiger partial charge on any atom is -0.150 e. The van der Waals surface area contributed by atoms with Crippen molar-refractivity contribution in [2.75, 3.05) is 0 Å². The normalized spacial score (nSPS) is 10.9. The summed E-state index contributed by atoms with van der Waals surface area (Å²) in [5, 5.41) is 8.40. The number of azo groups is 1. The Morgan fingerprint density at radius 2 is 1.75 bits per heavy atom. The first-order valence-corrected chi connectivity index (χ1v) is 6.55. The molecule has 2 aromatic rings. The van der Waals surface area contributed by atoms with Crippen LogP contribution in [0.5, 0.6) is 0 Å². The third kappa shape index (κ3) is 3.12. The number of nitrogens with zero attached hydrogens (tertiary/aromatic N) is 2. The summed E-state index contributed by atoms with van der Waals surface area (Å²) in [7, 11) is 0. The Morgan fingerprint density at radius 1 is 0.938 bits per heavy atom. The topological polar surface area (TPSA) is 24.7 Å². The smallest absolute Gasteiger partial charge is 0.0990 e.